The van der Waals surface area contributed by atoms with Gasteiger partial charge in [-0.05, 0) is 24.3 Å². The van der Waals surface area contributed by atoms with Crippen LogP contribution in [-0.4, -0.2) is 70.0 Å². The van der Waals surface area contributed by atoms with Gasteiger partial charge >= 0.3 is 0 Å². The number of nitrogens with one attached hydrogen (secondary N) is 2. The first-order chi connectivity index (χ1) is 18.4. The molecule has 2 N–H and O–H groups in total. The van der Waals surface area contributed by atoms with E-state index < -0.39 is 5.82 Å². The summed E-state index contributed by atoms with van der Waals surface area (Å²) in [6.07, 6.45) is 4.63. The normalized spacial score (nSPS) is 11.2. The molecule has 0 atom stereocenters. The fourth-order valence-corrected chi connectivity index (χ4v) is 3.82. The number of ether oxygens (including phenoxy) is 3. The summed E-state index contributed by atoms with van der Waals surface area (Å²) in [5.41, 5.74) is 2.09. The van der Waals surface area contributed by atoms with E-state index in [2.05, 4.69) is 26.6 Å². The molecule has 3 aromatic rings. The van der Waals surface area contributed by atoms with Crippen LogP contribution in [0.3, 0.4) is 0 Å². The van der Waals surface area contributed by atoms with Gasteiger partial charge in [0.2, 0.25) is 5.91 Å². The lowest BCUT2D eigenvalue weighted by atomic mass is 10.1. The number of carbonyl (C=O) groups is 1. The van der Waals surface area contributed by atoms with Crippen LogP contribution >= 0.6 is 11.6 Å². The predicted octanol–water partition coefficient (Wildman–Crippen LogP) is 4.74. The topological polar surface area (TPSA) is 109 Å². The van der Waals surface area contributed by atoms with Gasteiger partial charge in [0.15, 0.2) is 0 Å². The van der Waals surface area contributed by atoms with E-state index in [9.17, 15) is 14.4 Å². The molecule has 0 unspecified atom stereocenters. The van der Waals surface area contributed by atoms with Crippen LogP contribution in [0.5, 0.6) is 5.75 Å². The Morgan fingerprint density at radius 3 is 2.55 bits per heavy atom. The van der Waals surface area contributed by atoms with Crippen LogP contribution in [0, 0.1) is 17.1 Å². The van der Waals surface area contributed by atoms with E-state index in [1.807, 2.05) is 0 Å². The van der Waals surface area contributed by atoms with E-state index in [1.54, 1.807) is 32.4 Å². The van der Waals surface area contributed by atoms with E-state index in [4.69, 9.17) is 25.8 Å². The minimum absolute atomic E-state index is 0.0590. The lowest BCUT2D eigenvalue weighted by Crippen LogP contribution is -2.31. The van der Waals surface area contributed by atoms with Crippen LogP contribution in [0.2, 0.25) is 5.02 Å². The van der Waals surface area contributed by atoms with Gasteiger partial charge in [-0.1, -0.05) is 17.7 Å². The highest BCUT2D eigenvalue weighted by atomic mass is 35.5. The molecule has 0 aliphatic rings. The van der Waals surface area contributed by atoms with Crippen molar-refractivity contribution in [3.8, 4) is 11.8 Å². The Balaban J connectivity index is 1.87. The van der Waals surface area contributed by atoms with Crippen molar-refractivity contribution in [2.24, 2.45) is 0 Å². The largest absolute Gasteiger partial charge is 0.494 e. The zero-order chi connectivity index (χ0) is 27.5. The van der Waals surface area contributed by atoms with Crippen LogP contribution in [0.4, 0.5) is 21.5 Å². The number of hydrogen-bond donors (Lipinski definition) is 2. The molecule has 0 bridgehead atoms. The molecule has 0 saturated heterocycles. The molecule has 1 amide bonds. The first kappa shape index (κ1) is 28.8. The molecule has 0 radical (unpaired) electrons. The second-order valence-corrected chi connectivity index (χ2v) is 8.57. The molecule has 0 spiro atoms. The molecular formula is C27H29ClFN5O4. The lowest BCUT2D eigenvalue weighted by Gasteiger charge is -2.19. The average molecular weight is 542 g/mol. The smallest absolute Gasteiger partial charge is 0.248 e. The lowest BCUT2D eigenvalue weighted by molar-refractivity contribution is -0.111. The molecule has 2 aromatic carbocycles. The van der Waals surface area contributed by atoms with Crippen LogP contribution < -0.4 is 15.4 Å². The quantitative estimate of drug-likeness (QED) is 0.299. The Kier molecular flexibility index (Phi) is 10.8. The molecule has 0 fully saturated rings. The van der Waals surface area contributed by atoms with E-state index in [-0.39, 0.29) is 16.5 Å². The number of nitrogens with zero attached hydrogens (tertiary/aromatic N) is 3. The highest BCUT2D eigenvalue weighted by Gasteiger charge is 2.15. The zero-order valence-electron chi connectivity index (χ0n) is 21.4. The van der Waals surface area contributed by atoms with Crippen LogP contribution in [0.1, 0.15) is 5.56 Å². The Labute approximate surface area is 225 Å². The summed E-state index contributed by atoms with van der Waals surface area (Å²) in [5.74, 6) is -0.514. The van der Waals surface area contributed by atoms with Crippen LogP contribution in [0.15, 0.2) is 48.7 Å². The molecule has 0 aliphatic heterocycles. The van der Waals surface area contributed by atoms with Gasteiger partial charge in [0.25, 0.3) is 0 Å². The Hall–Kier alpha value is -3.75. The summed E-state index contributed by atoms with van der Waals surface area (Å²) in [6, 6.07) is 9.60. The number of pyridine rings is 1. The van der Waals surface area contributed by atoms with E-state index in [1.165, 1.54) is 37.6 Å². The van der Waals surface area contributed by atoms with Gasteiger partial charge < -0.3 is 24.8 Å². The molecule has 3 rings (SSSR count). The number of benzene rings is 2. The first-order valence-corrected chi connectivity index (χ1v) is 12.1. The van der Waals surface area contributed by atoms with Gasteiger partial charge in [0.1, 0.15) is 17.6 Å². The number of anilines is 3. The van der Waals surface area contributed by atoms with Crippen molar-refractivity contribution in [2.45, 2.75) is 0 Å². The molecule has 0 aliphatic carbocycles. The van der Waals surface area contributed by atoms with Gasteiger partial charge in [-0.15, -0.1) is 0 Å². The maximum Gasteiger partial charge on any atom is 0.248 e. The van der Waals surface area contributed by atoms with Gasteiger partial charge in [-0.25, -0.2) is 4.39 Å². The summed E-state index contributed by atoms with van der Waals surface area (Å²) < 4.78 is 29.4. The van der Waals surface area contributed by atoms with Crippen molar-refractivity contribution >= 4 is 45.5 Å². The second-order valence-electron chi connectivity index (χ2n) is 8.16. The molecule has 0 saturated carbocycles. The van der Waals surface area contributed by atoms with Gasteiger partial charge in [-0.2, -0.15) is 5.26 Å². The van der Waals surface area contributed by atoms with Gasteiger partial charge in [-0.3, -0.25) is 14.7 Å². The summed E-state index contributed by atoms with van der Waals surface area (Å²) in [5, 5.41) is 16.1. The fourth-order valence-electron chi connectivity index (χ4n) is 3.64. The predicted molar refractivity (Wildman–Crippen MR) is 146 cm³/mol. The maximum atomic E-state index is 13.6. The number of hydrogen-bond acceptors (Lipinski definition) is 8. The number of carbonyl (C=O) groups excluding carboxylic acids is 1. The van der Waals surface area contributed by atoms with Gasteiger partial charge in [0.05, 0.1) is 47.8 Å². The molecule has 9 nitrogen and oxygen atoms in total. The maximum absolute atomic E-state index is 13.6. The summed E-state index contributed by atoms with van der Waals surface area (Å²) >= 11 is 5.93. The molecule has 11 heteroatoms. The zero-order valence-corrected chi connectivity index (χ0v) is 22.1. The third kappa shape index (κ3) is 7.63. The SMILES string of the molecule is COCCN(C/C=C/C(=O)Nc1cc2c(Nc3ccc(F)c(Cl)c3)c(C#N)cnc2cc1OC)CCOC. The summed E-state index contributed by atoms with van der Waals surface area (Å²) in [7, 11) is 4.76. The third-order valence-electron chi connectivity index (χ3n) is 5.61. The molecule has 200 valence electrons. The van der Waals surface area contributed by atoms with Crippen molar-refractivity contribution < 1.29 is 23.4 Å². The Bertz CT molecular complexity index is 1340. The molecular weight excluding hydrogens is 513 g/mol. The van der Waals surface area contributed by atoms with Crippen LogP contribution in [0.25, 0.3) is 10.9 Å². The summed E-state index contributed by atoms with van der Waals surface area (Å²) in [6.45, 7) is 3.08. The third-order valence-corrected chi connectivity index (χ3v) is 5.90. The van der Waals surface area contributed by atoms with Crippen LogP contribution in [-0.2, 0) is 14.3 Å². The highest BCUT2D eigenvalue weighted by Crippen LogP contribution is 2.36. The average Bonchev–Trinajstić information content (AvgIpc) is 2.91. The van der Waals surface area contributed by atoms with E-state index in [0.717, 1.165) is 0 Å². The van der Waals surface area contributed by atoms with Crippen molar-refractivity contribution in [3.05, 3.63) is 65.1 Å². The number of fused-ring (bicyclic) bond motifs is 1. The van der Waals surface area contributed by atoms with Crippen molar-refractivity contribution in [1.29, 1.82) is 5.26 Å². The van der Waals surface area contributed by atoms with E-state index in [0.29, 0.717) is 66.6 Å². The van der Waals surface area contributed by atoms with Crippen molar-refractivity contribution in [1.82, 2.24) is 9.88 Å². The number of nitriles is 1. The number of methoxy groups -OCH3 is 3. The molecule has 1 aromatic heterocycles. The standard InChI is InChI=1S/C27H29ClFN5O4/c1-36-11-9-34(10-12-37-2)8-4-5-26(35)33-24-14-20-23(15-25(24)38-3)31-17-18(16-30)27(20)32-19-6-7-22(29)21(28)13-19/h4-7,13-15,17H,8-12H2,1-3H3,(H,31,32)(H,33,35)/b5-4+. The highest BCUT2D eigenvalue weighted by molar-refractivity contribution is 6.31. The minimum atomic E-state index is -0.555. The molecule has 38 heavy (non-hydrogen) atoms. The number of rotatable bonds is 13. The Morgan fingerprint density at radius 2 is 1.92 bits per heavy atom. The first-order valence-electron chi connectivity index (χ1n) is 11.7. The minimum Gasteiger partial charge on any atom is -0.494 e. The van der Waals surface area contributed by atoms with E-state index >= 15 is 0 Å². The monoisotopic (exact) mass is 541 g/mol. The van der Waals surface area contributed by atoms with Gasteiger partial charge in [0, 0.05) is 63.3 Å². The fraction of sp³-hybridized carbons (Fsp3) is 0.296. The number of amides is 1. The number of halogens is 2. The van der Waals surface area contributed by atoms with Crippen molar-refractivity contribution in [3.63, 3.8) is 0 Å². The Morgan fingerprint density at radius 1 is 1.18 bits per heavy atom. The van der Waals surface area contributed by atoms with Crippen molar-refractivity contribution in [2.75, 3.05) is 64.8 Å². The second kappa shape index (κ2) is 14.3. The summed E-state index contributed by atoms with van der Waals surface area (Å²) in [4.78, 5) is 19.2. The molecule has 1 heterocycles. The number of aromatic nitrogens is 1.